The van der Waals surface area contributed by atoms with E-state index in [4.69, 9.17) is 10.5 Å². The molecule has 2 rings (SSSR count). The zero-order chi connectivity index (χ0) is 10.7. The largest absolute Gasteiger partial charge is 0.380 e. The van der Waals surface area contributed by atoms with Crippen LogP contribution in [0.3, 0.4) is 0 Å². The summed E-state index contributed by atoms with van der Waals surface area (Å²) in [6.07, 6.45) is 5.10. The highest BCUT2D eigenvalue weighted by Gasteiger charge is 2.41. The molecule has 3 nitrogen and oxygen atoms in total. The molecular weight excluding hydrogens is 188 g/mol. The molecule has 0 radical (unpaired) electrons. The monoisotopic (exact) mass is 212 g/mol. The van der Waals surface area contributed by atoms with E-state index >= 15 is 0 Å². The lowest BCUT2D eigenvalue weighted by molar-refractivity contribution is -0.141. The van der Waals surface area contributed by atoms with Gasteiger partial charge < -0.3 is 10.5 Å². The first-order valence-electron chi connectivity index (χ1n) is 6.31. The van der Waals surface area contributed by atoms with E-state index < -0.39 is 0 Å². The van der Waals surface area contributed by atoms with Gasteiger partial charge in [0, 0.05) is 18.0 Å². The quantitative estimate of drug-likeness (QED) is 0.719. The fourth-order valence-corrected chi connectivity index (χ4v) is 2.61. The summed E-state index contributed by atoms with van der Waals surface area (Å²) in [6, 6.07) is 0.817. The van der Waals surface area contributed by atoms with Crippen molar-refractivity contribution in [1.82, 2.24) is 4.90 Å². The third kappa shape index (κ3) is 2.35. The van der Waals surface area contributed by atoms with Gasteiger partial charge in [0.2, 0.25) is 0 Å². The van der Waals surface area contributed by atoms with E-state index in [1.807, 2.05) is 0 Å². The number of hydrogen-bond donors (Lipinski definition) is 1. The number of likely N-dealkylation sites (tertiary alicyclic amines) is 1. The number of hydrogen-bond acceptors (Lipinski definition) is 3. The lowest BCUT2D eigenvalue weighted by Crippen LogP contribution is -2.57. The van der Waals surface area contributed by atoms with Gasteiger partial charge >= 0.3 is 0 Å². The molecule has 2 N–H and O–H groups in total. The Morgan fingerprint density at radius 2 is 2.27 bits per heavy atom. The maximum atomic E-state index is 5.55. The van der Waals surface area contributed by atoms with E-state index in [0.29, 0.717) is 5.41 Å². The van der Waals surface area contributed by atoms with Crippen LogP contribution in [0.1, 0.15) is 32.6 Å². The summed E-state index contributed by atoms with van der Waals surface area (Å²) in [6.45, 7) is 7.62. The Balaban J connectivity index is 1.74. The molecule has 1 unspecified atom stereocenters. The molecule has 0 saturated carbocycles. The standard InChI is InChI=1S/C12H24N2O/c1-2-12(9-15-10-12)8-14-7-5-11(14)4-3-6-13/h11H,2-10,13H2,1H3. The normalized spacial score (nSPS) is 29.6. The van der Waals surface area contributed by atoms with Crippen molar-refractivity contribution in [2.75, 3.05) is 32.8 Å². The molecule has 1 atom stereocenters. The molecule has 3 heteroatoms. The topological polar surface area (TPSA) is 38.5 Å². The fourth-order valence-electron chi connectivity index (χ4n) is 2.61. The molecule has 2 aliphatic rings. The average Bonchev–Trinajstić information content (AvgIpc) is 2.16. The van der Waals surface area contributed by atoms with Crippen LogP contribution in [0.4, 0.5) is 0 Å². The van der Waals surface area contributed by atoms with Crippen LogP contribution in [-0.2, 0) is 4.74 Å². The average molecular weight is 212 g/mol. The highest BCUT2D eigenvalue weighted by atomic mass is 16.5. The number of nitrogens with two attached hydrogens (primary N) is 1. The van der Waals surface area contributed by atoms with E-state index in [0.717, 1.165) is 25.8 Å². The summed E-state index contributed by atoms with van der Waals surface area (Å²) in [5.74, 6) is 0. The molecule has 0 aromatic heterocycles. The Labute approximate surface area is 93.0 Å². The van der Waals surface area contributed by atoms with Crippen LogP contribution in [-0.4, -0.2) is 43.8 Å². The molecule has 0 aromatic rings. The van der Waals surface area contributed by atoms with Gasteiger partial charge in [-0.3, -0.25) is 4.90 Å². The lowest BCUT2D eigenvalue weighted by atomic mass is 9.80. The summed E-state index contributed by atoms with van der Waals surface area (Å²) in [4.78, 5) is 2.64. The number of rotatable bonds is 6. The van der Waals surface area contributed by atoms with Crippen LogP contribution >= 0.6 is 0 Å². The minimum absolute atomic E-state index is 0.487. The molecule has 0 amide bonds. The molecule has 0 spiro atoms. The van der Waals surface area contributed by atoms with Crippen molar-refractivity contribution in [3.8, 4) is 0 Å². The van der Waals surface area contributed by atoms with Crippen LogP contribution in [0.25, 0.3) is 0 Å². The second-order valence-electron chi connectivity index (χ2n) is 5.19. The van der Waals surface area contributed by atoms with E-state index in [9.17, 15) is 0 Å². The van der Waals surface area contributed by atoms with E-state index in [1.54, 1.807) is 0 Å². The molecule has 0 aliphatic carbocycles. The first kappa shape index (κ1) is 11.4. The molecule has 0 bridgehead atoms. The minimum Gasteiger partial charge on any atom is -0.380 e. The van der Waals surface area contributed by atoms with Crippen molar-refractivity contribution in [1.29, 1.82) is 0 Å². The molecular formula is C12H24N2O. The minimum atomic E-state index is 0.487. The Morgan fingerprint density at radius 3 is 2.67 bits per heavy atom. The number of ether oxygens (including phenoxy) is 1. The highest BCUT2D eigenvalue weighted by molar-refractivity contribution is 4.93. The molecule has 2 heterocycles. The van der Waals surface area contributed by atoms with Crippen molar-refractivity contribution >= 4 is 0 Å². The van der Waals surface area contributed by atoms with Gasteiger partial charge in [-0.2, -0.15) is 0 Å². The smallest absolute Gasteiger partial charge is 0.0557 e. The first-order chi connectivity index (χ1) is 7.29. The van der Waals surface area contributed by atoms with Crippen molar-refractivity contribution in [3.05, 3.63) is 0 Å². The molecule has 2 aliphatic heterocycles. The predicted molar refractivity (Wildman–Crippen MR) is 61.8 cm³/mol. The second-order valence-corrected chi connectivity index (χ2v) is 5.19. The third-order valence-corrected chi connectivity index (χ3v) is 4.11. The van der Waals surface area contributed by atoms with Gasteiger partial charge in [-0.1, -0.05) is 6.92 Å². The second kappa shape index (κ2) is 4.81. The van der Waals surface area contributed by atoms with Crippen molar-refractivity contribution in [3.63, 3.8) is 0 Å². The summed E-state index contributed by atoms with van der Waals surface area (Å²) in [5, 5.41) is 0. The van der Waals surface area contributed by atoms with E-state index in [2.05, 4.69) is 11.8 Å². The Morgan fingerprint density at radius 1 is 1.47 bits per heavy atom. The van der Waals surface area contributed by atoms with Crippen molar-refractivity contribution in [2.45, 2.75) is 38.6 Å². The van der Waals surface area contributed by atoms with E-state index in [1.165, 1.54) is 38.8 Å². The third-order valence-electron chi connectivity index (χ3n) is 4.11. The molecule has 88 valence electrons. The molecule has 0 aromatic carbocycles. The van der Waals surface area contributed by atoms with Crippen LogP contribution in [0.15, 0.2) is 0 Å². The van der Waals surface area contributed by atoms with E-state index in [-0.39, 0.29) is 0 Å². The zero-order valence-electron chi connectivity index (χ0n) is 9.87. The van der Waals surface area contributed by atoms with Gasteiger partial charge in [0.05, 0.1) is 13.2 Å². The van der Waals surface area contributed by atoms with Crippen LogP contribution in [0.2, 0.25) is 0 Å². The van der Waals surface area contributed by atoms with Gasteiger partial charge in [0.15, 0.2) is 0 Å². The summed E-state index contributed by atoms with van der Waals surface area (Å²) >= 11 is 0. The van der Waals surface area contributed by atoms with Crippen molar-refractivity contribution < 1.29 is 4.74 Å². The Bertz CT molecular complexity index is 198. The highest BCUT2D eigenvalue weighted by Crippen LogP contribution is 2.35. The van der Waals surface area contributed by atoms with Gasteiger partial charge in [0.1, 0.15) is 0 Å². The molecule has 2 saturated heterocycles. The predicted octanol–water partition coefficient (Wildman–Crippen LogP) is 1.23. The fraction of sp³-hybridized carbons (Fsp3) is 1.00. The Kier molecular flexibility index (Phi) is 3.65. The van der Waals surface area contributed by atoms with Gasteiger partial charge in [-0.05, 0) is 38.8 Å². The SMILES string of the molecule is CCC1(CN2CCC2CCCN)COC1. The molecule has 15 heavy (non-hydrogen) atoms. The van der Waals surface area contributed by atoms with Crippen LogP contribution in [0.5, 0.6) is 0 Å². The van der Waals surface area contributed by atoms with Gasteiger partial charge in [0.25, 0.3) is 0 Å². The Hall–Kier alpha value is -0.120. The summed E-state index contributed by atoms with van der Waals surface area (Å²) in [5.41, 5.74) is 6.04. The van der Waals surface area contributed by atoms with Gasteiger partial charge in [-0.15, -0.1) is 0 Å². The lowest BCUT2D eigenvalue weighted by Gasteiger charge is -2.50. The maximum Gasteiger partial charge on any atom is 0.0557 e. The summed E-state index contributed by atoms with van der Waals surface area (Å²) in [7, 11) is 0. The number of nitrogens with zero attached hydrogens (tertiary/aromatic N) is 1. The van der Waals surface area contributed by atoms with Gasteiger partial charge in [-0.25, -0.2) is 0 Å². The van der Waals surface area contributed by atoms with Crippen molar-refractivity contribution in [2.24, 2.45) is 11.1 Å². The van der Waals surface area contributed by atoms with Crippen LogP contribution < -0.4 is 5.73 Å². The maximum absolute atomic E-state index is 5.55. The summed E-state index contributed by atoms with van der Waals surface area (Å²) < 4.78 is 5.37. The first-order valence-corrected chi connectivity index (χ1v) is 6.31. The van der Waals surface area contributed by atoms with Crippen LogP contribution in [0, 0.1) is 5.41 Å². The zero-order valence-corrected chi connectivity index (χ0v) is 9.87. The molecule has 2 fully saturated rings.